The lowest BCUT2D eigenvalue weighted by molar-refractivity contribution is -0.131. The summed E-state index contributed by atoms with van der Waals surface area (Å²) in [5.41, 5.74) is 0.621. The summed E-state index contributed by atoms with van der Waals surface area (Å²) in [5, 5.41) is 22.3. The van der Waals surface area contributed by atoms with E-state index in [0.717, 1.165) is 0 Å². The first kappa shape index (κ1) is 17.8. The van der Waals surface area contributed by atoms with Gasteiger partial charge in [-0.1, -0.05) is 5.16 Å². The summed E-state index contributed by atoms with van der Waals surface area (Å²) >= 11 is 0. The first-order chi connectivity index (χ1) is 11.4. The van der Waals surface area contributed by atoms with Crippen molar-refractivity contribution in [1.29, 1.82) is 0 Å². The predicted octanol–water partition coefficient (Wildman–Crippen LogP) is 2.06. The molecule has 1 aliphatic rings. The van der Waals surface area contributed by atoms with Gasteiger partial charge in [-0.15, -0.1) is 0 Å². The molecule has 0 aliphatic carbocycles. The Kier molecular flexibility index (Phi) is 5.43. The number of Topliss-reactive ketones (excluding diaryl/α,β-unsaturated/α-hetero) is 1. The Hall–Kier alpha value is -2.57. The first-order valence-corrected chi connectivity index (χ1v) is 7.76. The molecule has 0 aromatic heterocycles. The minimum Gasteiger partial charge on any atom is -0.507 e. The highest BCUT2D eigenvalue weighted by Gasteiger charge is 2.36. The molecule has 2 atom stereocenters. The lowest BCUT2D eigenvalue weighted by Gasteiger charge is -2.38. The fraction of sp³-hybridized carbons (Fsp3) is 0.471. The summed E-state index contributed by atoms with van der Waals surface area (Å²) in [4.78, 5) is 26.1. The van der Waals surface area contributed by atoms with E-state index in [9.17, 15) is 14.7 Å². The van der Waals surface area contributed by atoms with E-state index in [4.69, 9.17) is 9.94 Å². The van der Waals surface area contributed by atoms with Crippen LogP contribution < -0.4 is 4.74 Å². The van der Waals surface area contributed by atoms with Gasteiger partial charge in [-0.05, 0) is 31.9 Å². The summed E-state index contributed by atoms with van der Waals surface area (Å²) in [6.45, 7) is 3.48. The molecule has 0 spiro atoms. The van der Waals surface area contributed by atoms with Crippen molar-refractivity contribution in [3.63, 3.8) is 0 Å². The van der Waals surface area contributed by atoms with Crippen molar-refractivity contribution in [2.45, 2.75) is 32.7 Å². The summed E-state index contributed by atoms with van der Waals surface area (Å²) in [5.74, 6) is -0.328. The number of piperidine rings is 1. The van der Waals surface area contributed by atoms with Crippen molar-refractivity contribution >= 4 is 17.4 Å². The zero-order chi connectivity index (χ0) is 17.9. The van der Waals surface area contributed by atoms with Gasteiger partial charge in [0.15, 0.2) is 5.78 Å². The summed E-state index contributed by atoms with van der Waals surface area (Å²) in [6, 6.07) is 4.14. The molecule has 7 heteroatoms. The molecule has 1 aliphatic heterocycles. The highest BCUT2D eigenvalue weighted by molar-refractivity contribution is 6.01. The number of benzene rings is 1. The van der Waals surface area contributed by atoms with Gasteiger partial charge in [-0.3, -0.25) is 9.59 Å². The van der Waals surface area contributed by atoms with Crippen LogP contribution in [0.5, 0.6) is 11.5 Å². The van der Waals surface area contributed by atoms with Crippen LogP contribution in [0.3, 0.4) is 0 Å². The second-order valence-electron chi connectivity index (χ2n) is 5.94. The van der Waals surface area contributed by atoms with Crippen LogP contribution in [-0.4, -0.2) is 52.3 Å². The Morgan fingerprint density at radius 1 is 1.33 bits per heavy atom. The normalized spacial score (nSPS) is 21.5. The summed E-state index contributed by atoms with van der Waals surface area (Å²) in [7, 11) is 1.48. The molecule has 7 nitrogen and oxygen atoms in total. The number of ether oxygens (including phenoxy) is 1. The van der Waals surface area contributed by atoms with Gasteiger partial charge in [0, 0.05) is 25.5 Å². The Labute approximate surface area is 140 Å². The van der Waals surface area contributed by atoms with E-state index in [1.807, 2.05) is 0 Å². The zero-order valence-electron chi connectivity index (χ0n) is 14.0. The number of hydrogen-bond acceptors (Lipinski definition) is 6. The van der Waals surface area contributed by atoms with Gasteiger partial charge in [0.05, 0.1) is 24.4 Å². The number of carbonyl (C=O) groups is 2. The zero-order valence-corrected chi connectivity index (χ0v) is 14.0. The van der Waals surface area contributed by atoms with E-state index in [-0.39, 0.29) is 28.9 Å². The van der Waals surface area contributed by atoms with Crippen molar-refractivity contribution in [2.24, 2.45) is 11.1 Å². The third-order valence-electron chi connectivity index (χ3n) is 4.49. The Balaban J connectivity index is 2.23. The molecule has 1 saturated heterocycles. The van der Waals surface area contributed by atoms with Crippen LogP contribution >= 0.6 is 0 Å². The standard InChI is InChI=1S/C17H22N2O5/c1-10(18-23)15-8-12(6-7-19(15)11(2)20)17(22)14-5-4-13(24-3)9-16(14)21/h4-5,9,12,15,21,23H,6-8H2,1-3H3. The fourth-order valence-corrected chi connectivity index (χ4v) is 3.11. The topological polar surface area (TPSA) is 99.4 Å². The molecular formula is C17H22N2O5. The summed E-state index contributed by atoms with van der Waals surface area (Å²) in [6.07, 6.45) is 0.860. The minimum absolute atomic E-state index is 0.124. The van der Waals surface area contributed by atoms with Crippen molar-refractivity contribution in [3.8, 4) is 11.5 Å². The number of likely N-dealkylation sites (tertiary alicyclic amines) is 1. The molecule has 2 rings (SSSR count). The average Bonchev–Trinajstić information content (AvgIpc) is 2.59. The summed E-state index contributed by atoms with van der Waals surface area (Å²) < 4.78 is 5.02. The maximum Gasteiger partial charge on any atom is 0.220 e. The smallest absolute Gasteiger partial charge is 0.220 e. The van der Waals surface area contributed by atoms with Crippen LogP contribution in [0.1, 0.15) is 37.0 Å². The molecule has 1 aromatic carbocycles. The number of phenolic OH excluding ortho intramolecular Hbond substituents is 1. The average molecular weight is 334 g/mol. The minimum atomic E-state index is -0.421. The van der Waals surface area contributed by atoms with Crippen LogP contribution in [0.2, 0.25) is 0 Å². The lowest BCUT2D eigenvalue weighted by Crippen LogP contribution is -2.49. The molecule has 24 heavy (non-hydrogen) atoms. The molecule has 2 unspecified atom stereocenters. The molecule has 1 amide bonds. The molecule has 0 saturated carbocycles. The monoisotopic (exact) mass is 334 g/mol. The SMILES string of the molecule is COc1ccc(C(=O)C2CCN(C(C)=O)C(C(C)=NO)C2)c(O)c1. The fourth-order valence-electron chi connectivity index (χ4n) is 3.11. The van der Waals surface area contributed by atoms with Crippen molar-refractivity contribution < 1.29 is 24.6 Å². The maximum atomic E-state index is 12.7. The second kappa shape index (κ2) is 7.33. The van der Waals surface area contributed by atoms with E-state index in [0.29, 0.717) is 30.8 Å². The second-order valence-corrected chi connectivity index (χ2v) is 5.94. The molecule has 1 aromatic rings. The van der Waals surface area contributed by atoms with Crippen LogP contribution in [0.4, 0.5) is 0 Å². The van der Waals surface area contributed by atoms with Gasteiger partial charge in [-0.25, -0.2) is 0 Å². The highest BCUT2D eigenvalue weighted by atomic mass is 16.5. The highest BCUT2D eigenvalue weighted by Crippen LogP contribution is 2.31. The number of rotatable bonds is 4. The van der Waals surface area contributed by atoms with Crippen LogP contribution in [0.25, 0.3) is 0 Å². The van der Waals surface area contributed by atoms with Gasteiger partial charge >= 0.3 is 0 Å². The molecule has 2 N–H and O–H groups in total. The van der Waals surface area contributed by atoms with Crippen LogP contribution in [0, 0.1) is 5.92 Å². The van der Waals surface area contributed by atoms with Crippen LogP contribution in [-0.2, 0) is 4.79 Å². The van der Waals surface area contributed by atoms with E-state index in [1.54, 1.807) is 17.9 Å². The molecule has 1 fully saturated rings. The van der Waals surface area contributed by atoms with Crippen molar-refractivity contribution in [2.75, 3.05) is 13.7 Å². The van der Waals surface area contributed by atoms with Gasteiger partial charge in [-0.2, -0.15) is 0 Å². The number of carbonyl (C=O) groups excluding carboxylic acids is 2. The molecule has 130 valence electrons. The third kappa shape index (κ3) is 3.50. The van der Waals surface area contributed by atoms with Crippen molar-refractivity contribution in [1.82, 2.24) is 4.90 Å². The van der Waals surface area contributed by atoms with Gasteiger partial charge < -0.3 is 20.0 Å². The number of phenols is 1. The maximum absolute atomic E-state index is 12.7. The number of aromatic hydroxyl groups is 1. The molecular weight excluding hydrogens is 312 g/mol. The molecule has 1 heterocycles. The molecule has 0 radical (unpaired) electrons. The van der Waals surface area contributed by atoms with E-state index in [1.165, 1.54) is 26.2 Å². The van der Waals surface area contributed by atoms with E-state index >= 15 is 0 Å². The lowest BCUT2D eigenvalue weighted by atomic mass is 9.83. The number of nitrogens with zero attached hydrogens (tertiary/aromatic N) is 2. The van der Waals surface area contributed by atoms with Gasteiger partial charge in [0.25, 0.3) is 0 Å². The third-order valence-corrected chi connectivity index (χ3v) is 4.49. The van der Waals surface area contributed by atoms with E-state index in [2.05, 4.69) is 5.16 Å². The number of ketones is 1. The van der Waals surface area contributed by atoms with Crippen molar-refractivity contribution in [3.05, 3.63) is 23.8 Å². The van der Waals surface area contributed by atoms with E-state index < -0.39 is 6.04 Å². The number of hydrogen-bond donors (Lipinski definition) is 2. The van der Waals surface area contributed by atoms with Gasteiger partial charge in [0.2, 0.25) is 5.91 Å². The Morgan fingerprint density at radius 2 is 2.04 bits per heavy atom. The Morgan fingerprint density at radius 3 is 2.58 bits per heavy atom. The quantitative estimate of drug-likeness (QED) is 0.380. The number of amides is 1. The largest absolute Gasteiger partial charge is 0.507 e. The molecule has 0 bridgehead atoms. The number of oxime groups is 1. The van der Waals surface area contributed by atoms with Gasteiger partial charge in [0.1, 0.15) is 11.5 Å². The van der Waals surface area contributed by atoms with Crippen LogP contribution in [0.15, 0.2) is 23.4 Å². The Bertz CT molecular complexity index is 671. The first-order valence-electron chi connectivity index (χ1n) is 7.76. The predicted molar refractivity (Wildman–Crippen MR) is 87.8 cm³/mol. The number of methoxy groups -OCH3 is 1.